The average Bonchev–Trinajstić information content (AvgIpc) is 3.51. The van der Waals surface area contributed by atoms with Gasteiger partial charge < -0.3 is 19.8 Å². The first kappa shape index (κ1) is 22.2. The Morgan fingerprint density at radius 3 is 2.69 bits per heavy atom. The Labute approximate surface area is 190 Å². The van der Waals surface area contributed by atoms with E-state index in [4.69, 9.17) is 4.52 Å². The zero-order valence-corrected chi connectivity index (χ0v) is 19.1. The number of benzene rings is 1. The van der Waals surface area contributed by atoms with Crippen LogP contribution in [0.25, 0.3) is 10.4 Å². The Kier molecular flexibility index (Phi) is 6.38. The summed E-state index contributed by atoms with van der Waals surface area (Å²) in [4.78, 5) is 32.7. The third-order valence-corrected chi connectivity index (χ3v) is 6.71. The Bertz CT molecular complexity index is 1110. The monoisotopic (exact) mass is 454 g/mol. The van der Waals surface area contributed by atoms with Crippen LogP contribution in [0.1, 0.15) is 42.0 Å². The van der Waals surface area contributed by atoms with Crippen LogP contribution in [0.5, 0.6) is 0 Å². The number of hydrogen-bond acceptors (Lipinski definition) is 7. The lowest BCUT2D eigenvalue weighted by molar-refractivity contribution is -0.139. The highest BCUT2D eigenvalue weighted by atomic mass is 32.1. The maximum Gasteiger partial charge on any atom is 0.243 e. The highest BCUT2D eigenvalue weighted by Gasteiger charge is 2.41. The van der Waals surface area contributed by atoms with E-state index in [1.807, 2.05) is 36.7 Å². The van der Waals surface area contributed by atoms with Crippen molar-refractivity contribution >= 4 is 23.2 Å². The average molecular weight is 455 g/mol. The molecule has 2 aromatic heterocycles. The number of carbonyl (C=O) groups is 2. The number of rotatable bonds is 6. The summed E-state index contributed by atoms with van der Waals surface area (Å²) in [5, 5.41) is 16.9. The predicted molar refractivity (Wildman–Crippen MR) is 120 cm³/mol. The van der Waals surface area contributed by atoms with E-state index in [0.29, 0.717) is 18.0 Å². The maximum atomic E-state index is 13.0. The van der Waals surface area contributed by atoms with Crippen LogP contribution in [0.3, 0.4) is 0 Å². The number of aromatic nitrogens is 2. The number of aliphatic hydroxyl groups is 1. The van der Waals surface area contributed by atoms with Crippen LogP contribution in [0.2, 0.25) is 0 Å². The van der Waals surface area contributed by atoms with E-state index in [-0.39, 0.29) is 24.8 Å². The van der Waals surface area contributed by atoms with Gasteiger partial charge in [-0.05, 0) is 31.9 Å². The third-order valence-electron chi connectivity index (χ3n) is 5.74. The number of amides is 2. The van der Waals surface area contributed by atoms with Crippen molar-refractivity contribution < 1.29 is 19.2 Å². The fourth-order valence-electron chi connectivity index (χ4n) is 3.92. The molecular formula is C23H26N4O4S. The number of carbonyl (C=O) groups excluding carboxylic acids is 2. The summed E-state index contributed by atoms with van der Waals surface area (Å²) in [6.45, 7) is 5.94. The SMILES string of the molecule is Cc1cc([C@@H](C)C(=O)N2C[C@H](O)C[C@H]2C(=O)NCc2ccc(-c3scnc3C)cc2)on1. The Hall–Kier alpha value is -3.04. The van der Waals surface area contributed by atoms with Gasteiger partial charge in [-0.15, -0.1) is 11.3 Å². The van der Waals surface area contributed by atoms with Crippen LogP contribution >= 0.6 is 11.3 Å². The van der Waals surface area contributed by atoms with E-state index in [0.717, 1.165) is 21.7 Å². The molecule has 3 heterocycles. The molecule has 1 fully saturated rings. The van der Waals surface area contributed by atoms with Crippen LogP contribution in [0.4, 0.5) is 0 Å². The molecule has 1 aliphatic rings. The number of aliphatic hydroxyl groups excluding tert-OH is 1. The summed E-state index contributed by atoms with van der Waals surface area (Å²) in [6, 6.07) is 8.95. The zero-order valence-electron chi connectivity index (χ0n) is 18.2. The Morgan fingerprint density at radius 2 is 2.06 bits per heavy atom. The van der Waals surface area contributed by atoms with Crippen LogP contribution in [-0.2, 0) is 16.1 Å². The predicted octanol–water partition coefficient (Wildman–Crippen LogP) is 2.80. The number of likely N-dealkylation sites (tertiary alicyclic amines) is 1. The number of hydrogen-bond donors (Lipinski definition) is 2. The van der Waals surface area contributed by atoms with Gasteiger partial charge in [0.1, 0.15) is 11.8 Å². The van der Waals surface area contributed by atoms with Crippen LogP contribution in [-0.4, -0.2) is 50.7 Å². The second-order valence-corrected chi connectivity index (χ2v) is 9.02. The van der Waals surface area contributed by atoms with Crippen molar-refractivity contribution in [1.82, 2.24) is 20.4 Å². The quantitative estimate of drug-likeness (QED) is 0.593. The second-order valence-electron chi connectivity index (χ2n) is 8.17. The number of nitrogens with one attached hydrogen (secondary N) is 1. The molecule has 1 aliphatic heterocycles. The van der Waals surface area contributed by atoms with Crippen molar-refractivity contribution in [1.29, 1.82) is 0 Å². The molecular weight excluding hydrogens is 428 g/mol. The molecule has 1 saturated heterocycles. The molecule has 168 valence electrons. The van der Waals surface area contributed by atoms with E-state index in [1.165, 1.54) is 4.90 Å². The summed E-state index contributed by atoms with van der Waals surface area (Å²) in [7, 11) is 0. The molecule has 8 nitrogen and oxygen atoms in total. The smallest absolute Gasteiger partial charge is 0.243 e. The number of thiazole rings is 1. The fraction of sp³-hybridized carbons (Fsp3) is 0.391. The van der Waals surface area contributed by atoms with E-state index >= 15 is 0 Å². The molecule has 0 saturated carbocycles. The van der Waals surface area contributed by atoms with Crippen LogP contribution in [0, 0.1) is 13.8 Å². The van der Waals surface area contributed by atoms with E-state index in [9.17, 15) is 14.7 Å². The first-order valence-electron chi connectivity index (χ1n) is 10.5. The lowest BCUT2D eigenvalue weighted by Gasteiger charge is -2.25. The first-order valence-corrected chi connectivity index (χ1v) is 11.4. The van der Waals surface area contributed by atoms with Crippen molar-refractivity contribution in [3.05, 3.63) is 58.6 Å². The largest absolute Gasteiger partial charge is 0.391 e. The van der Waals surface area contributed by atoms with Crippen LogP contribution in [0.15, 0.2) is 40.4 Å². The molecule has 3 aromatic rings. The summed E-state index contributed by atoms with van der Waals surface area (Å²) < 4.78 is 5.21. The molecule has 9 heteroatoms. The molecule has 0 spiro atoms. The van der Waals surface area contributed by atoms with Gasteiger partial charge in [-0.3, -0.25) is 9.59 Å². The van der Waals surface area contributed by atoms with E-state index in [1.54, 1.807) is 31.3 Å². The van der Waals surface area contributed by atoms with E-state index < -0.39 is 18.1 Å². The zero-order chi connectivity index (χ0) is 22.8. The van der Waals surface area contributed by atoms with Gasteiger partial charge in [0.25, 0.3) is 0 Å². The summed E-state index contributed by atoms with van der Waals surface area (Å²) in [5.74, 6) is -0.677. The van der Waals surface area contributed by atoms with Gasteiger partial charge in [0.2, 0.25) is 11.8 Å². The van der Waals surface area contributed by atoms with Crippen molar-refractivity contribution in [3.63, 3.8) is 0 Å². The second kappa shape index (κ2) is 9.22. The Balaban J connectivity index is 1.39. The molecule has 4 rings (SSSR count). The van der Waals surface area contributed by atoms with Gasteiger partial charge in [0.15, 0.2) is 0 Å². The lowest BCUT2D eigenvalue weighted by Crippen LogP contribution is -2.47. The summed E-state index contributed by atoms with van der Waals surface area (Å²) in [6.07, 6.45) is -0.524. The topological polar surface area (TPSA) is 109 Å². The lowest BCUT2D eigenvalue weighted by atomic mass is 10.1. The molecule has 0 aliphatic carbocycles. The minimum atomic E-state index is -0.736. The minimum Gasteiger partial charge on any atom is -0.391 e. The third kappa shape index (κ3) is 4.58. The molecule has 32 heavy (non-hydrogen) atoms. The molecule has 1 aromatic carbocycles. The molecule has 0 unspecified atom stereocenters. The standard InChI is InChI=1S/C23H26N4O4S/c1-13-8-20(31-26-13)14(2)23(30)27-11-18(28)9-19(27)22(29)24-10-16-4-6-17(7-5-16)21-15(3)25-12-32-21/h4-8,12,14,18-19,28H,9-11H2,1-3H3,(H,24,29)/t14-,18-,19+/m1/s1. The highest BCUT2D eigenvalue weighted by molar-refractivity contribution is 7.13. The molecule has 2 amide bonds. The fourth-order valence-corrected chi connectivity index (χ4v) is 4.74. The van der Waals surface area contributed by atoms with Crippen molar-refractivity contribution in [2.45, 2.75) is 51.8 Å². The van der Waals surface area contributed by atoms with Gasteiger partial charge in [0, 0.05) is 25.6 Å². The maximum absolute atomic E-state index is 13.0. The van der Waals surface area contributed by atoms with E-state index in [2.05, 4.69) is 15.5 Å². The molecule has 0 radical (unpaired) electrons. The van der Waals surface area contributed by atoms with Gasteiger partial charge in [0.05, 0.1) is 33.8 Å². The van der Waals surface area contributed by atoms with Crippen molar-refractivity contribution in [3.8, 4) is 10.4 Å². The van der Waals surface area contributed by atoms with Crippen molar-refractivity contribution in [2.75, 3.05) is 6.54 Å². The van der Waals surface area contributed by atoms with Gasteiger partial charge in [-0.2, -0.15) is 0 Å². The van der Waals surface area contributed by atoms with Gasteiger partial charge >= 0.3 is 0 Å². The van der Waals surface area contributed by atoms with Crippen LogP contribution < -0.4 is 5.32 Å². The number of β-amino-alcohol motifs (C(OH)–C–C–N with tert-alkyl or cyclic N) is 1. The van der Waals surface area contributed by atoms with Crippen molar-refractivity contribution in [2.24, 2.45) is 0 Å². The Morgan fingerprint density at radius 1 is 1.31 bits per heavy atom. The minimum absolute atomic E-state index is 0.122. The number of aryl methyl sites for hydroxylation is 2. The highest BCUT2D eigenvalue weighted by Crippen LogP contribution is 2.28. The molecule has 0 bridgehead atoms. The van der Waals surface area contributed by atoms with Gasteiger partial charge in [-0.1, -0.05) is 29.4 Å². The first-order chi connectivity index (χ1) is 15.3. The van der Waals surface area contributed by atoms with Gasteiger partial charge in [-0.25, -0.2) is 4.98 Å². The summed E-state index contributed by atoms with van der Waals surface area (Å²) >= 11 is 1.60. The normalized spacial score (nSPS) is 19.2. The summed E-state index contributed by atoms with van der Waals surface area (Å²) in [5.41, 5.74) is 5.55. The molecule has 2 N–H and O–H groups in total. The molecule has 3 atom stereocenters. The number of nitrogens with zero attached hydrogens (tertiary/aromatic N) is 3.